The number of para-hydroxylation sites is 1. The van der Waals surface area contributed by atoms with Crippen molar-refractivity contribution in [3.8, 4) is 45.3 Å². The van der Waals surface area contributed by atoms with Crippen molar-refractivity contribution in [2.45, 2.75) is 0 Å². The molecule has 4 nitrogen and oxygen atoms in total. The minimum absolute atomic E-state index is 0.589. The fraction of sp³-hybridized carbons (Fsp3) is 0. The Morgan fingerprint density at radius 2 is 0.918 bits per heavy atom. The molecule has 0 radical (unpaired) electrons. The van der Waals surface area contributed by atoms with Crippen LogP contribution in [0.5, 0.6) is 0 Å². The van der Waals surface area contributed by atoms with E-state index in [0.717, 1.165) is 49.8 Å². The van der Waals surface area contributed by atoms with Gasteiger partial charge in [-0.3, -0.25) is 0 Å². The Morgan fingerprint density at radius 3 is 1.76 bits per heavy atom. The Morgan fingerprint density at radius 1 is 0.327 bits per heavy atom. The number of fused-ring (bicyclic) bond motifs is 7. The zero-order valence-electron chi connectivity index (χ0n) is 26.3. The molecule has 0 aliphatic carbocycles. The van der Waals surface area contributed by atoms with Crippen molar-refractivity contribution in [2.24, 2.45) is 0 Å². The first-order valence-corrected chi connectivity index (χ1v) is 16.4. The molecule has 0 aliphatic rings. The summed E-state index contributed by atoms with van der Waals surface area (Å²) in [4.78, 5) is 15.3. The zero-order valence-corrected chi connectivity index (χ0v) is 26.3. The van der Waals surface area contributed by atoms with E-state index in [1.807, 2.05) is 42.5 Å². The molecule has 0 saturated carbocycles. The third-order valence-electron chi connectivity index (χ3n) is 9.47. The average Bonchev–Trinajstić information content (AvgIpc) is 3.56. The van der Waals surface area contributed by atoms with E-state index in [0.29, 0.717) is 17.5 Å². The first-order valence-electron chi connectivity index (χ1n) is 16.4. The van der Waals surface area contributed by atoms with Crippen LogP contribution in [-0.4, -0.2) is 15.0 Å². The van der Waals surface area contributed by atoms with Gasteiger partial charge in [-0.25, -0.2) is 15.0 Å². The molecule has 10 aromatic rings. The number of rotatable bonds is 4. The summed E-state index contributed by atoms with van der Waals surface area (Å²) in [6, 6.07) is 57.0. The summed E-state index contributed by atoms with van der Waals surface area (Å²) < 4.78 is 6.51. The molecule has 0 aliphatic heterocycles. The van der Waals surface area contributed by atoms with Crippen molar-refractivity contribution in [2.75, 3.05) is 0 Å². The predicted octanol–water partition coefficient (Wildman–Crippen LogP) is 11.9. The molecule has 0 amide bonds. The number of hydrogen-bond donors (Lipinski definition) is 0. The van der Waals surface area contributed by atoms with Gasteiger partial charge in [0.05, 0.1) is 0 Å². The van der Waals surface area contributed by atoms with E-state index in [1.54, 1.807) is 0 Å². The lowest BCUT2D eigenvalue weighted by Crippen LogP contribution is -2.00. The second kappa shape index (κ2) is 11.0. The van der Waals surface area contributed by atoms with Gasteiger partial charge in [0.2, 0.25) is 0 Å². The molecule has 8 aromatic carbocycles. The van der Waals surface area contributed by atoms with Gasteiger partial charge in [-0.2, -0.15) is 0 Å². The van der Waals surface area contributed by atoms with Gasteiger partial charge in [0.15, 0.2) is 17.5 Å². The molecule has 0 spiro atoms. The molecule has 49 heavy (non-hydrogen) atoms. The molecule has 2 heterocycles. The van der Waals surface area contributed by atoms with Crippen LogP contribution in [0.3, 0.4) is 0 Å². The first-order chi connectivity index (χ1) is 24.2. The highest BCUT2D eigenvalue weighted by Crippen LogP contribution is 2.41. The van der Waals surface area contributed by atoms with Crippen LogP contribution >= 0.6 is 0 Å². The minimum atomic E-state index is 0.589. The fourth-order valence-electron chi connectivity index (χ4n) is 7.06. The highest BCUT2D eigenvalue weighted by Gasteiger charge is 2.19. The highest BCUT2D eigenvalue weighted by atomic mass is 16.3. The topological polar surface area (TPSA) is 51.8 Å². The van der Waals surface area contributed by atoms with Gasteiger partial charge in [0.1, 0.15) is 11.2 Å². The Balaban J connectivity index is 1.23. The maximum atomic E-state index is 6.51. The molecule has 0 atom stereocenters. The summed E-state index contributed by atoms with van der Waals surface area (Å²) in [5.74, 6) is 1.83. The van der Waals surface area contributed by atoms with Gasteiger partial charge in [-0.1, -0.05) is 133 Å². The number of aromatic nitrogens is 3. The smallest absolute Gasteiger partial charge is 0.164 e. The molecule has 10 rings (SSSR count). The summed E-state index contributed by atoms with van der Waals surface area (Å²) in [6.45, 7) is 0. The number of hydrogen-bond acceptors (Lipinski definition) is 4. The molecule has 0 bridgehead atoms. The molecular weight excluding hydrogens is 599 g/mol. The first kappa shape index (κ1) is 27.5. The lowest BCUT2D eigenvalue weighted by atomic mass is 9.95. The molecule has 0 fully saturated rings. The van der Waals surface area contributed by atoms with Crippen LogP contribution in [0.25, 0.3) is 99.5 Å². The Bertz CT molecular complexity index is 2890. The zero-order chi connectivity index (χ0) is 32.3. The van der Waals surface area contributed by atoms with Crippen molar-refractivity contribution in [3.05, 3.63) is 164 Å². The van der Waals surface area contributed by atoms with Crippen LogP contribution in [-0.2, 0) is 0 Å². The van der Waals surface area contributed by atoms with Crippen molar-refractivity contribution in [1.29, 1.82) is 0 Å². The van der Waals surface area contributed by atoms with Crippen LogP contribution < -0.4 is 0 Å². The van der Waals surface area contributed by atoms with E-state index >= 15 is 0 Å². The molecule has 0 N–H and O–H groups in total. The van der Waals surface area contributed by atoms with Crippen LogP contribution in [0, 0.1) is 0 Å². The van der Waals surface area contributed by atoms with Crippen LogP contribution in [0.4, 0.5) is 0 Å². The lowest BCUT2D eigenvalue weighted by molar-refractivity contribution is 0.669. The van der Waals surface area contributed by atoms with E-state index in [1.165, 1.54) is 32.3 Å². The van der Waals surface area contributed by atoms with Gasteiger partial charge in [0, 0.05) is 27.5 Å². The maximum absolute atomic E-state index is 6.51. The summed E-state index contributed by atoms with van der Waals surface area (Å²) in [6.07, 6.45) is 0. The van der Waals surface area contributed by atoms with Crippen molar-refractivity contribution in [1.82, 2.24) is 15.0 Å². The van der Waals surface area contributed by atoms with Crippen molar-refractivity contribution >= 4 is 54.3 Å². The molecule has 228 valence electrons. The molecule has 4 heteroatoms. The quantitative estimate of drug-likeness (QED) is 0.183. The highest BCUT2D eigenvalue weighted by molar-refractivity contribution is 6.14. The van der Waals surface area contributed by atoms with Crippen molar-refractivity contribution < 1.29 is 4.42 Å². The second-order valence-corrected chi connectivity index (χ2v) is 12.5. The standard InChI is InChI=1S/C45H27N3O/c1-2-12-31(13-3-1)43-46-44(34-23-21-30-20-19-29-11-6-7-15-36(29)38(30)25-34)48-45(47-43)35-26-39(33-22-18-28-10-4-5-14-32(28)24-33)42-37-16-8-9-17-40(37)49-41(42)27-35/h1-27H. The van der Waals surface area contributed by atoms with E-state index in [-0.39, 0.29) is 0 Å². The van der Waals surface area contributed by atoms with Gasteiger partial charge in [-0.05, 0) is 73.8 Å². The normalized spacial score (nSPS) is 11.7. The maximum Gasteiger partial charge on any atom is 0.164 e. The largest absolute Gasteiger partial charge is 0.456 e. The SMILES string of the molecule is c1ccc(-c2nc(-c3cc(-c4ccc5ccccc5c4)c4c(c3)oc3ccccc34)nc(-c3ccc4ccc5ccccc5c4c3)n2)cc1. The van der Waals surface area contributed by atoms with Gasteiger partial charge in [-0.15, -0.1) is 0 Å². The lowest BCUT2D eigenvalue weighted by Gasteiger charge is -2.12. The van der Waals surface area contributed by atoms with Gasteiger partial charge in [0.25, 0.3) is 0 Å². The Kier molecular flexibility index (Phi) is 6.15. The van der Waals surface area contributed by atoms with Crippen LogP contribution in [0.1, 0.15) is 0 Å². The fourth-order valence-corrected chi connectivity index (χ4v) is 7.06. The number of furan rings is 1. The molecule has 0 saturated heterocycles. The van der Waals surface area contributed by atoms with Crippen molar-refractivity contribution in [3.63, 3.8) is 0 Å². The van der Waals surface area contributed by atoms with Crippen LogP contribution in [0.2, 0.25) is 0 Å². The summed E-state index contributed by atoms with van der Waals surface area (Å²) in [5, 5.41) is 9.29. The van der Waals surface area contributed by atoms with E-state index in [9.17, 15) is 0 Å². The monoisotopic (exact) mass is 625 g/mol. The average molecular weight is 626 g/mol. The Hall–Kier alpha value is -6.65. The van der Waals surface area contributed by atoms with E-state index in [4.69, 9.17) is 19.4 Å². The molecule has 0 unspecified atom stereocenters. The molecular formula is C45H27N3O. The van der Waals surface area contributed by atoms with E-state index < -0.39 is 0 Å². The minimum Gasteiger partial charge on any atom is -0.456 e. The van der Waals surface area contributed by atoms with E-state index in [2.05, 4.69) is 121 Å². The second-order valence-electron chi connectivity index (χ2n) is 12.5. The van der Waals surface area contributed by atoms with Gasteiger partial charge < -0.3 is 4.42 Å². The molecule has 2 aromatic heterocycles. The third-order valence-corrected chi connectivity index (χ3v) is 9.47. The van der Waals surface area contributed by atoms with Crippen LogP contribution in [0.15, 0.2) is 168 Å². The predicted molar refractivity (Wildman–Crippen MR) is 201 cm³/mol. The summed E-state index contributed by atoms with van der Waals surface area (Å²) >= 11 is 0. The number of nitrogens with zero attached hydrogens (tertiary/aromatic N) is 3. The summed E-state index contributed by atoms with van der Waals surface area (Å²) in [7, 11) is 0. The Labute approximate surface area is 282 Å². The van der Waals surface area contributed by atoms with Gasteiger partial charge >= 0.3 is 0 Å². The number of benzene rings is 8. The third kappa shape index (κ3) is 4.65. The summed E-state index contributed by atoms with van der Waals surface area (Å²) in [5.41, 5.74) is 6.55.